The summed E-state index contributed by atoms with van der Waals surface area (Å²) in [5, 5.41) is 5.11. The van der Waals surface area contributed by atoms with Gasteiger partial charge in [-0.25, -0.2) is 18.4 Å². The molecule has 1 aliphatic heterocycles. The van der Waals surface area contributed by atoms with Crippen LogP contribution in [0.3, 0.4) is 0 Å². The zero-order chi connectivity index (χ0) is 25.9. The van der Waals surface area contributed by atoms with Gasteiger partial charge in [-0.3, -0.25) is 4.68 Å². The van der Waals surface area contributed by atoms with Crippen molar-refractivity contribution in [3.63, 3.8) is 0 Å². The summed E-state index contributed by atoms with van der Waals surface area (Å²) in [6.45, 7) is 0.380. The van der Waals surface area contributed by atoms with Gasteiger partial charge < -0.3 is 4.57 Å². The molecule has 1 saturated heterocycles. The first-order valence-electron chi connectivity index (χ1n) is 11.6. The van der Waals surface area contributed by atoms with Crippen molar-refractivity contribution >= 4 is 32.0 Å². The van der Waals surface area contributed by atoms with E-state index in [1.807, 2.05) is 0 Å². The maximum Gasteiger partial charge on any atom is 0.416 e. The standard InChI is InChI=1S/C25H21F3N6O2S/c1-32-14-23-24(31-32)20-11-19(37(35,36)33-10-2-3-21(33)16-12-29-15-30-13-16)8-9-22(20)34(23)18-6-4-17(5-7-18)25(26,27)28/h4-9,11-15,21H,2-3,10H2,1H3/t21-/m0/s1. The van der Waals surface area contributed by atoms with Gasteiger partial charge in [0.2, 0.25) is 10.0 Å². The molecule has 1 fully saturated rings. The van der Waals surface area contributed by atoms with Gasteiger partial charge in [-0.05, 0) is 55.3 Å². The summed E-state index contributed by atoms with van der Waals surface area (Å²) in [6.07, 6.45) is 3.38. The molecule has 0 radical (unpaired) electrons. The van der Waals surface area contributed by atoms with E-state index >= 15 is 0 Å². The zero-order valence-corrected chi connectivity index (χ0v) is 20.4. The van der Waals surface area contributed by atoms with E-state index in [0.717, 1.165) is 24.1 Å². The fourth-order valence-corrected chi connectivity index (χ4v) is 6.79. The molecule has 0 saturated carbocycles. The van der Waals surface area contributed by atoms with Gasteiger partial charge >= 0.3 is 6.18 Å². The van der Waals surface area contributed by atoms with Crippen LogP contribution in [0.1, 0.15) is 30.0 Å². The highest BCUT2D eigenvalue weighted by atomic mass is 32.2. The van der Waals surface area contributed by atoms with Crippen LogP contribution in [-0.4, -0.2) is 43.6 Å². The maximum atomic E-state index is 13.8. The number of aryl methyl sites for hydroxylation is 1. The SMILES string of the molecule is Cn1cc2c(n1)c1cc(S(=O)(=O)N3CCC[C@H]3c3cncnc3)ccc1n2-c1ccc(C(F)(F)F)cc1. The Labute approximate surface area is 210 Å². The molecule has 6 rings (SSSR count). The first-order chi connectivity index (χ1) is 17.6. The third kappa shape index (κ3) is 3.87. The van der Waals surface area contributed by atoms with Gasteiger partial charge in [0.15, 0.2) is 0 Å². The first kappa shape index (κ1) is 23.6. The van der Waals surface area contributed by atoms with Crippen LogP contribution >= 0.6 is 0 Å². The first-order valence-corrected chi connectivity index (χ1v) is 13.0. The molecule has 5 aromatic rings. The van der Waals surface area contributed by atoms with E-state index in [9.17, 15) is 21.6 Å². The predicted octanol–water partition coefficient (Wildman–Crippen LogP) is 4.85. The van der Waals surface area contributed by atoms with Gasteiger partial charge in [0.1, 0.15) is 11.8 Å². The zero-order valence-electron chi connectivity index (χ0n) is 19.6. The normalized spacial score (nSPS) is 17.2. The van der Waals surface area contributed by atoms with Gasteiger partial charge in [0.05, 0.1) is 27.5 Å². The third-order valence-corrected chi connectivity index (χ3v) is 8.65. The molecule has 8 nitrogen and oxygen atoms in total. The van der Waals surface area contributed by atoms with E-state index in [2.05, 4.69) is 15.1 Å². The van der Waals surface area contributed by atoms with Crippen LogP contribution in [0.4, 0.5) is 13.2 Å². The highest BCUT2D eigenvalue weighted by Gasteiger charge is 2.37. The highest BCUT2D eigenvalue weighted by Crippen LogP contribution is 2.39. The van der Waals surface area contributed by atoms with Crippen molar-refractivity contribution in [2.45, 2.75) is 30.0 Å². The van der Waals surface area contributed by atoms with Crippen molar-refractivity contribution in [1.29, 1.82) is 0 Å². The molecular formula is C25H21F3N6O2S. The lowest BCUT2D eigenvalue weighted by Gasteiger charge is -2.24. The molecule has 1 atom stereocenters. The summed E-state index contributed by atoms with van der Waals surface area (Å²) in [5.41, 5.74) is 2.38. The molecular weight excluding hydrogens is 505 g/mol. The molecule has 0 bridgehead atoms. The van der Waals surface area contributed by atoms with E-state index < -0.39 is 21.8 Å². The van der Waals surface area contributed by atoms with Gasteiger partial charge in [-0.1, -0.05) is 0 Å². The number of benzene rings is 2. The van der Waals surface area contributed by atoms with E-state index in [1.54, 1.807) is 47.0 Å². The van der Waals surface area contributed by atoms with Gasteiger partial charge in [-0.15, -0.1) is 0 Å². The third-order valence-electron chi connectivity index (χ3n) is 6.74. The Morgan fingerprint density at radius 2 is 1.73 bits per heavy atom. The van der Waals surface area contributed by atoms with Crippen LogP contribution in [0.2, 0.25) is 0 Å². The van der Waals surface area contributed by atoms with Gasteiger partial charge in [-0.2, -0.15) is 22.6 Å². The Morgan fingerprint density at radius 3 is 2.43 bits per heavy atom. The van der Waals surface area contributed by atoms with Gasteiger partial charge in [0.25, 0.3) is 0 Å². The molecule has 12 heteroatoms. The van der Waals surface area contributed by atoms with E-state index in [4.69, 9.17) is 0 Å². The summed E-state index contributed by atoms with van der Waals surface area (Å²) in [4.78, 5) is 8.20. The smallest absolute Gasteiger partial charge is 0.306 e. The molecule has 4 heterocycles. The second kappa shape index (κ2) is 8.38. The molecule has 0 spiro atoms. The number of aromatic nitrogens is 5. The quantitative estimate of drug-likeness (QED) is 0.334. The minimum atomic E-state index is -4.44. The number of rotatable bonds is 4. The van der Waals surface area contributed by atoms with E-state index in [-0.39, 0.29) is 10.9 Å². The topological polar surface area (TPSA) is 85.9 Å². The molecule has 37 heavy (non-hydrogen) atoms. The Hall–Kier alpha value is -3.77. The van der Waals surface area contributed by atoms with Crippen molar-refractivity contribution in [2.24, 2.45) is 7.05 Å². The van der Waals surface area contributed by atoms with Crippen molar-refractivity contribution < 1.29 is 21.6 Å². The minimum Gasteiger partial charge on any atom is -0.306 e. The molecule has 3 aromatic heterocycles. The summed E-state index contributed by atoms with van der Waals surface area (Å²) < 4.78 is 71.7. The second-order valence-electron chi connectivity index (χ2n) is 9.04. The lowest BCUT2D eigenvalue weighted by atomic mass is 10.1. The van der Waals surface area contributed by atoms with E-state index in [0.29, 0.717) is 40.6 Å². The van der Waals surface area contributed by atoms with Crippen molar-refractivity contribution in [1.82, 2.24) is 28.6 Å². The highest BCUT2D eigenvalue weighted by molar-refractivity contribution is 7.89. The minimum absolute atomic E-state index is 0.126. The summed E-state index contributed by atoms with van der Waals surface area (Å²) in [5.74, 6) is 0. The summed E-state index contributed by atoms with van der Waals surface area (Å²) in [7, 11) is -2.12. The largest absolute Gasteiger partial charge is 0.416 e. The average Bonchev–Trinajstić information content (AvgIpc) is 3.58. The Morgan fingerprint density at radius 1 is 1.00 bits per heavy atom. The maximum absolute atomic E-state index is 13.8. The lowest BCUT2D eigenvalue weighted by Crippen LogP contribution is -2.30. The van der Waals surface area contributed by atoms with Crippen molar-refractivity contribution in [3.05, 3.63) is 78.5 Å². The summed E-state index contributed by atoms with van der Waals surface area (Å²) >= 11 is 0. The van der Waals surface area contributed by atoms with Crippen LogP contribution < -0.4 is 0 Å². The number of alkyl halides is 3. The van der Waals surface area contributed by atoms with Crippen LogP contribution in [0.25, 0.3) is 27.6 Å². The lowest BCUT2D eigenvalue weighted by molar-refractivity contribution is -0.137. The number of hydrogen-bond donors (Lipinski definition) is 0. The molecule has 0 unspecified atom stereocenters. The van der Waals surface area contributed by atoms with Gasteiger partial charge in [0, 0.05) is 48.8 Å². The molecule has 0 aliphatic carbocycles. The van der Waals surface area contributed by atoms with Crippen LogP contribution in [0.5, 0.6) is 0 Å². The number of halogens is 3. The fraction of sp³-hybridized carbons (Fsp3) is 0.240. The average molecular weight is 527 g/mol. The monoisotopic (exact) mass is 526 g/mol. The van der Waals surface area contributed by atoms with Crippen LogP contribution in [-0.2, 0) is 23.2 Å². The number of hydrogen-bond acceptors (Lipinski definition) is 5. The molecule has 0 N–H and O–H groups in total. The fourth-order valence-electron chi connectivity index (χ4n) is 5.08. The van der Waals surface area contributed by atoms with E-state index in [1.165, 1.54) is 28.8 Å². The van der Waals surface area contributed by atoms with Crippen LogP contribution in [0, 0.1) is 0 Å². The second-order valence-corrected chi connectivity index (χ2v) is 10.9. The molecule has 0 amide bonds. The summed E-state index contributed by atoms with van der Waals surface area (Å²) in [6, 6.07) is 9.32. The molecule has 190 valence electrons. The molecule has 2 aromatic carbocycles. The van der Waals surface area contributed by atoms with Crippen molar-refractivity contribution in [2.75, 3.05) is 6.54 Å². The number of fused-ring (bicyclic) bond motifs is 3. The Kier molecular flexibility index (Phi) is 5.35. The Balaban J connectivity index is 1.47. The number of sulfonamides is 1. The molecule has 1 aliphatic rings. The van der Waals surface area contributed by atoms with Crippen LogP contribution in [0.15, 0.2) is 72.3 Å². The number of nitrogens with zero attached hydrogens (tertiary/aromatic N) is 6. The Bertz CT molecular complexity index is 1730. The predicted molar refractivity (Wildman–Crippen MR) is 130 cm³/mol. The van der Waals surface area contributed by atoms with Crippen molar-refractivity contribution in [3.8, 4) is 5.69 Å².